The van der Waals surface area contributed by atoms with E-state index in [2.05, 4.69) is 18.6 Å². The van der Waals surface area contributed by atoms with Crippen molar-refractivity contribution in [3.63, 3.8) is 0 Å². The van der Waals surface area contributed by atoms with Crippen molar-refractivity contribution in [1.82, 2.24) is 0 Å². The van der Waals surface area contributed by atoms with Gasteiger partial charge in [0.15, 0.2) is 0 Å². The van der Waals surface area contributed by atoms with E-state index in [-0.39, 0.29) is 5.97 Å². The first-order chi connectivity index (χ1) is 11.2. The predicted molar refractivity (Wildman–Crippen MR) is 95.5 cm³/mol. The summed E-state index contributed by atoms with van der Waals surface area (Å²) >= 11 is 0. The van der Waals surface area contributed by atoms with Gasteiger partial charge in [-0.3, -0.25) is 4.79 Å². The smallest absolute Gasteiger partial charge is 0.305 e. The standard InChI is InChI=1S/C20H38O3/c1-4-5-10-13-18-16-17(2)19(23-18)14-11-8-6-7-9-12-15-20(21)22-3/h17-19H,4-16H2,1-3H3/t17-,18+,19+/m1/s1. The van der Waals surface area contributed by atoms with Crippen molar-refractivity contribution in [3.8, 4) is 0 Å². The molecule has 1 fully saturated rings. The molecule has 1 saturated heterocycles. The zero-order valence-electron chi connectivity index (χ0n) is 15.6. The van der Waals surface area contributed by atoms with Gasteiger partial charge in [-0.25, -0.2) is 0 Å². The van der Waals surface area contributed by atoms with Gasteiger partial charge in [0, 0.05) is 6.42 Å². The molecule has 0 N–H and O–H groups in total. The summed E-state index contributed by atoms with van der Waals surface area (Å²) in [5.41, 5.74) is 0. The molecule has 0 unspecified atom stereocenters. The van der Waals surface area contributed by atoms with Crippen LogP contribution in [0.15, 0.2) is 0 Å². The van der Waals surface area contributed by atoms with Crippen LogP contribution < -0.4 is 0 Å². The minimum absolute atomic E-state index is 0.0779. The molecule has 0 saturated carbocycles. The minimum Gasteiger partial charge on any atom is -0.469 e. The van der Waals surface area contributed by atoms with E-state index in [4.69, 9.17) is 4.74 Å². The van der Waals surface area contributed by atoms with E-state index in [0.29, 0.717) is 18.6 Å². The second-order valence-corrected chi connectivity index (χ2v) is 7.24. The van der Waals surface area contributed by atoms with Crippen molar-refractivity contribution < 1.29 is 14.3 Å². The Kier molecular flexibility index (Phi) is 11.4. The Morgan fingerprint density at radius 1 is 1.00 bits per heavy atom. The number of hydrogen-bond acceptors (Lipinski definition) is 3. The first-order valence-corrected chi connectivity index (χ1v) is 9.89. The Morgan fingerprint density at radius 2 is 1.65 bits per heavy atom. The molecule has 0 aromatic rings. The van der Waals surface area contributed by atoms with E-state index in [1.165, 1.54) is 71.3 Å². The van der Waals surface area contributed by atoms with Gasteiger partial charge < -0.3 is 9.47 Å². The van der Waals surface area contributed by atoms with Gasteiger partial charge in [0.25, 0.3) is 0 Å². The van der Waals surface area contributed by atoms with Gasteiger partial charge in [-0.2, -0.15) is 0 Å². The fraction of sp³-hybridized carbons (Fsp3) is 0.950. The van der Waals surface area contributed by atoms with E-state index in [1.54, 1.807) is 0 Å². The van der Waals surface area contributed by atoms with Gasteiger partial charge in [0.2, 0.25) is 0 Å². The molecular weight excluding hydrogens is 288 g/mol. The first-order valence-electron chi connectivity index (χ1n) is 9.89. The summed E-state index contributed by atoms with van der Waals surface area (Å²) in [6, 6.07) is 0. The molecule has 1 aliphatic rings. The molecule has 3 heteroatoms. The van der Waals surface area contributed by atoms with Crippen LogP contribution in [0.3, 0.4) is 0 Å². The van der Waals surface area contributed by atoms with Crippen molar-refractivity contribution in [1.29, 1.82) is 0 Å². The highest BCUT2D eigenvalue weighted by molar-refractivity contribution is 5.68. The molecule has 0 spiro atoms. The summed E-state index contributed by atoms with van der Waals surface area (Å²) in [5.74, 6) is 0.660. The average Bonchev–Trinajstić information content (AvgIpc) is 2.90. The van der Waals surface area contributed by atoms with Crippen molar-refractivity contribution >= 4 is 5.97 Å². The number of hydrogen-bond donors (Lipinski definition) is 0. The highest BCUT2D eigenvalue weighted by atomic mass is 16.5. The molecule has 1 aliphatic heterocycles. The maximum atomic E-state index is 11.0. The molecule has 3 nitrogen and oxygen atoms in total. The number of carbonyl (C=O) groups excluding carboxylic acids is 1. The number of rotatable bonds is 13. The van der Waals surface area contributed by atoms with Crippen molar-refractivity contribution in [3.05, 3.63) is 0 Å². The maximum absolute atomic E-state index is 11.0. The molecule has 1 rings (SSSR count). The molecule has 0 aromatic heterocycles. The normalized spacial score (nSPS) is 24.0. The predicted octanol–water partition coefficient (Wildman–Crippen LogP) is 5.65. The molecule has 23 heavy (non-hydrogen) atoms. The van der Waals surface area contributed by atoms with Gasteiger partial charge in [-0.15, -0.1) is 0 Å². The fourth-order valence-corrected chi connectivity index (χ4v) is 3.59. The lowest BCUT2D eigenvalue weighted by atomic mass is 9.95. The minimum atomic E-state index is -0.0779. The molecule has 0 amide bonds. The number of unbranched alkanes of at least 4 members (excludes halogenated alkanes) is 7. The lowest BCUT2D eigenvalue weighted by molar-refractivity contribution is -0.140. The van der Waals surface area contributed by atoms with Crippen LogP contribution in [0.2, 0.25) is 0 Å². The summed E-state index contributed by atoms with van der Waals surface area (Å²) in [7, 11) is 1.46. The van der Waals surface area contributed by atoms with E-state index in [9.17, 15) is 4.79 Å². The number of esters is 1. The Morgan fingerprint density at radius 3 is 2.35 bits per heavy atom. The second-order valence-electron chi connectivity index (χ2n) is 7.24. The first kappa shape index (κ1) is 20.5. The number of ether oxygens (including phenoxy) is 2. The quantitative estimate of drug-likeness (QED) is 0.324. The molecule has 0 radical (unpaired) electrons. The van der Waals surface area contributed by atoms with Crippen LogP contribution >= 0.6 is 0 Å². The Balaban J connectivity index is 1.96. The van der Waals surface area contributed by atoms with E-state index < -0.39 is 0 Å². The van der Waals surface area contributed by atoms with Crippen LogP contribution in [-0.2, 0) is 14.3 Å². The average molecular weight is 327 g/mol. The van der Waals surface area contributed by atoms with Crippen molar-refractivity contribution in [2.24, 2.45) is 5.92 Å². The lowest BCUT2D eigenvalue weighted by Crippen LogP contribution is -2.14. The third-order valence-corrected chi connectivity index (χ3v) is 5.11. The second kappa shape index (κ2) is 12.8. The topological polar surface area (TPSA) is 35.5 Å². The van der Waals surface area contributed by atoms with Crippen LogP contribution in [0.25, 0.3) is 0 Å². The van der Waals surface area contributed by atoms with E-state index >= 15 is 0 Å². The maximum Gasteiger partial charge on any atom is 0.305 e. The van der Waals surface area contributed by atoms with Crippen molar-refractivity contribution in [2.75, 3.05) is 7.11 Å². The fourth-order valence-electron chi connectivity index (χ4n) is 3.59. The summed E-state index contributed by atoms with van der Waals surface area (Å²) in [5, 5.41) is 0. The largest absolute Gasteiger partial charge is 0.469 e. The molecule has 1 heterocycles. The number of carbonyl (C=O) groups is 1. The zero-order valence-corrected chi connectivity index (χ0v) is 15.6. The molecule has 0 aliphatic carbocycles. The monoisotopic (exact) mass is 326 g/mol. The Labute approximate surface area is 143 Å². The highest BCUT2D eigenvalue weighted by Gasteiger charge is 2.30. The van der Waals surface area contributed by atoms with Gasteiger partial charge in [0.1, 0.15) is 0 Å². The summed E-state index contributed by atoms with van der Waals surface area (Å²) in [6.45, 7) is 4.62. The van der Waals surface area contributed by atoms with Gasteiger partial charge in [-0.1, -0.05) is 65.2 Å². The van der Waals surface area contributed by atoms with Crippen LogP contribution in [-0.4, -0.2) is 25.3 Å². The third-order valence-electron chi connectivity index (χ3n) is 5.11. The van der Waals surface area contributed by atoms with E-state index in [1.807, 2.05) is 0 Å². The summed E-state index contributed by atoms with van der Waals surface area (Å²) in [6.07, 6.45) is 16.5. The van der Waals surface area contributed by atoms with Crippen LogP contribution in [0, 0.1) is 5.92 Å². The van der Waals surface area contributed by atoms with Gasteiger partial charge in [0.05, 0.1) is 19.3 Å². The molecule has 0 aromatic carbocycles. The SMILES string of the molecule is CCCCC[C@H]1C[C@@H](C)[C@H](CCCCCCCCC(=O)OC)O1. The van der Waals surface area contributed by atoms with Crippen LogP contribution in [0.5, 0.6) is 0 Å². The molecular formula is C20H38O3. The highest BCUT2D eigenvalue weighted by Crippen LogP contribution is 2.32. The molecule has 136 valence electrons. The summed E-state index contributed by atoms with van der Waals surface area (Å²) in [4.78, 5) is 11.0. The van der Waals surface area contributed by atoms with E-state index in [0.717, 1.165) is 18.8 Å². The Bertz CT molecular complexity index is 303. The summed E-state index contributed by atoms with van der Waals surface area (Å²) < 4.78 is 10.9. The molecule has 0 bridgehead atoms. The Hall–Kier alpha value is -0.570. The van der Waals surface area contributed by atoms with Crippen molar-refractivity contribution in [2.45, 2.75) is 110 Å². The van der Waals surface area contributed by atoms with Crippen LogP contribution in [0.1, 0.15) is 97.3 Å². The third kappa shape index (κ3) is 9.34. The molecule has 3 atom stereocenters. The van der Waals surface area contributed by atoms with Gasteiger partial charge >= 0.3 is 5.97 Å². The van der Waals surface area contributed by atoms with Gasteiger partial charge in [-0.05, 0) is 31.6 Å². The number of methoxy groups -OCH3 is 1. The van der Waals surface area contributed by atoms with Crippen LogP contribution in [0.4, 0.5) is 0 Å². The lowest BCUT2D eigenvalue weighted by Gasteiger charge is -2.15. The zero-order chi connectivity index (χ0) is 16.9.